The van der Waals surface area contributed by atoms with E-state index in [0.29, 0.717) is 23.4 Å². The minimum Gasteiger partial charge on any atom is -0.369 e. The highest BCUT2D eigenvalue weighted by Gasteiger charge is 2.10. The van der Waals surface area contributed by atoms with E-state index >= 15 is 0 Å². The van der Waals surface area contributed by atoms with E-state index in [9.17, 15) is 4.79 Å². The molecule has 1 aromatic carbocycles. The molecule has 0 bridgehead atoms. The molecule has 0 atom stereocenters. The number of nitrogens with one attached hydrogen (secondary N) is 2. The first-order valence-electron chi connectivity index (χ1n) is 5.61. The fourth-order valence-electron chi connectivity index (χ4n) is 1.88. The van der Waals surface area contributed by atoms with Crippen LogP contribution in [0.4, 0.5) is 5.95 Å². The first kappa shape index (κ1) is 14.5. The standard InChI is InChI=1S/C12H10BrN5O.ClH/c13-7-4-2-1-3-6(7)5-8-15-9-10(16-8)17-12(14)18-11(9)19;/h1-4H,5H2,(H4,14,15,16,17,18,19);1H. The van der Waals surface area contributed by atoms with Gasteiger partial charge in [-0.2, -0.15) is 4.98 Å². The molecule has 0 saturated carbocycles. The molecule has 0 fully saturated rings. The van der Waals surface area contributed by atoms with Crippen molar-refractivity contribution in [2.24, 2.45) is 0 Å². The van der Waals surface area contributed by atoms with Gasteiger partial charge in [0.25, 0.3) is 5.56 Å². The van der Waals surface area contributed by atoms with E-state index in [0.717, 1.165) is 10.0 Å². The first-order valence-corrected chi connectivity index (χ1v) is 6.40. The molecule has 0 amide bonds. The maximum Gasteiger partial charge on any atom is 0.278 e. The zero-order chi connectivity index (χ0) is 13.4. The fraction of sp³-hybridized carbons (Fsp3) is 0.0833. The average Bonchev–Trinajstić information content (AvgIpc) is 2.75. The van der Waals surface area contributed by atoms with Gasteiger partial charge >= 0.3 is 0 Å². The summed E-state index contributed by atoms with van der Waals surface area (Å²) >= 11 is 3.48. The second kappa shape index (κ2) is 5.64. The van der Waals surface area contributed by atoms with Crippen LogP contribution in [0.5, 0.6) is 0 Å². The number of imidazole rings is 1. The van der Waals surface area contributed by atoms with E-state index in [2.05, 4.69) is 35.9 Å². The molecule has 3 rings (SSSR count). The number of rotatable bonds is 2. The van der Waals surface area contributed by atoms with Crippen molar-refractivity contribution in [3.63, 3.8) is 0 Å². The van der Waals surface area contributed by atoms with Gasteiger partial charge in [-0.1, -0.05) is 34.1 Å². The number of nitrogens with zero attached hydrogens (tertiary/aromatic N) is 2. The third-order valence-electron chi connectivity index (χ3n) is 2.74. The Morgan fingerprint density at radius 1 is 1.20 bits per heavy atom. The Balaban J connectivity index is 0.00000147. The Labute approximate surface area is 128 Å². The van der Waals surface area contributed by atoms with Crippen LogP contribution in [0.2, 0.25) is 0 Å². The van der Waals surface area contributed by atoms with Crippen LogP contribution in [0.1, 0.15) is 11.4 Å². The van der Waals surface area contributed by atoms with Crippen molar-refractivity contribution in [3.05, 3.63) is 50.5 Å². The number of fused-ring (bicyclic) bond motifs is 1. The molecule has 2 heterocycles. The van der Waals surface area contributed by atoms with E-state index in [4.69, 9.17) is 5.73 Å². The third-order valence-corrected chi connectivity index (χ3v) is 3.52. The number of nitrogen functional groups attached to an aromatic ring is 1. The van der Waals surface area contributed by atoms with Crippen LogP contribution in [0.25, 0.3) is 11.2 Å². The Bertz CT molecular complexity index is 813. The lowest BCUT2D eigenvalue weighted by Gasteiger charge is -2.00. The highest BCUT2D eigenvalue weighted by atomic mass is 79.9. The van der Waals surface area contributed by atoms with Crippen LogP contribution < -0.4 is 11.3 Å². The average molecular weight is 357 g/mol. The number of hydrogen-bond acceptors (Lipinski definition) is 4. The van der Waals surface area contributed by atoms with Crippen molar-refractivity contribution in [2.45, 2.75) is 6.42 Å². The number of halogens is 2. The maximum absolute atomic E-state index is 11.7. The monoisotopic (exact) mass is 355 g/mol. The van der Waals surface area contributed by atoms with Crippen LogP contribution in [-0.2, 0) is 6.42 Å². The van der Waals surface area contributed by atoms with Gasteiger partial charge in [-0.3, -0.25) is 9.78 Å². The summed E-state index contributed by atoms with van der Waals surface area (Å²) in [5, 5.41) is 0. The van der Waals surface area contributed by atoms with Crippen LogP contribution in [0.3, 0.4) is 0 Å². The molecule has 0 unspecified atom stereocenters. The number of hydrogen-bond donors (Lipinski definition) is 3. The molecule has 20 heavy (non-hydrogen) atoms. The molecule has 0 aliphatic rings. The zero-order valence-corrected chi connectivity index (χ0v) is 12.6. The molecule has 4 N–H and O–H groups in total. The van der Waals surface area contributed by atoms with Gasteiger partial charge in [-0.25, -0.2) is 4.98 Å². The molecule has 0 radical (unpaired) electrons. The molecule has 8 heteroatoms. The van der Waals surface area contributed by atoms with Gasteiger partial charge in [0.1, 0.15) is 5.82 Å². The van der Waals surface area contributed by atoms with Gasteiger partial charge in [0.2, 0.25) is 5.95 Å². The topological polar surface area (TPSA) is 100 Å². The van der Waals surface area contributed by atoms with Gasteiger partial charge in [0.05, 0.1) is 0 Å². The van der Waals surface area contributed by atoms with Gasteiger partial charge < -0.3 is 10.7 Å². The van der Waals surface area contributed by atoms with Gasteiger partial charge in [0, 0.05) is 10.9 Å². The van der Waals surface area contributed by atoms with Crippen molar-refractivity contribution in [1.82, 2.24) is 19.9 Å². The van der Waals surface area contributed by atoms with Gasteiger partial charge in [-0.15, -0.1) is 12.4 Å². The Hall–Kier alpha value is -1.86. The number of H-pyrrole nitrogens is 2. The summed E-state index contributed by atoms with van der Waals surface area (Å²) in [6, 6.07) is 7.84. The lowest BCUT2D eigenvalue weighted by molar-refractivity contribution is 1.03. The lowest BCUT2D eigenvalue weighted by Crippen LogP contribution is -2.10. The lowest BCUT2D eigenvalue weighted by atomic mass is 10.1. The maximum atomic E-state index is 11.7. The summed E-state index contributed by atoms with van der Waals surface area (Å²) in [6.07, 6.45) is 0.580. The Morgan fingerprint density at radius 3 is 2.70 bits per heavy atom. The van der Waals surface area contributed by atoms with E-state index in [1.807, 2.05) is 24.3 Å². The molecule has 2 aromatic heterocycles. The summed E-state index contributed by atoms with van der Waals surface area (Å²) in [6.45, 7) is 0. The summed E-state index contributed by atoms with van der Waals surface area (Å²) < 4.78 is 0.997. The summed E-state index contributed by atoms with van der Waals surface area (Å²) in [4.78, 5) is 25.4. The molecule has 0 spiro atoms. The van der Waals surface area contributed by atoms with E-state index in [-0.39, 0.29) is 23.9 Å². The molecule has 104 valence electrons. The summed E-state index contributed by atoms with van der Waals surface area (Å²) in [5.74, 6) is 0.738. The molecule has 3 aromatic rings. The van der Waals surface area contributed by atoms with E-state index in [1.165, 1.54) is 0 Å². The largest absolute Gasteiger partial charge is 0.369 e. The van der Waals surface area contributed by atoms with E-state index in [1.54, 1.807) is 0 Å². The summed E-state index contributed by atoms with van der Waals surface area (Å²) in [7, 11) is 0. The SMILES string of the molecule is Cl.Nc1nc2nc(Cc3ccccc3Br)[nH]c2c(=O)[nH]1. The smallest absolute Gasteiger partial charge is 0.278 e. The normalized spacial score (nSPS) is 10.4. The van der Waals surface area contributed by atoms with Crippen LogP contribution in [0, 0.1) is 0 Å². The molecule has 0 aliphatic heterocycles. The molecule has 0 saturated heterocycles. The van der Waals surface area contributed by atoms with Crippen LogP contribution in [0.15, 0.2) is 33.5 Å². The number of anilines is 1. The minimum atomic E-state index is -0.312. The summed E-state index contributed by atoms with van der Waals surface area (Å²) in [5.41, 5.74) is 6.93. The van der Waals surface area contributed by atoms with Gasteiger partial charge in [0.15, 0.2) is 11.2 Å². The second-order valence-corrected chi connectivity index (χ2v) is 4.96. The van der Waals surface area contributed by atoms with E-state index < -0.39 is 0 Å². The fourth-order valence-corrected chi connectivity index (χ4v) is 2.30. The first-order chi connectivity index (χ1) is 9.13. The number of nitrogens with two attached hydrogens (primary N) is 1. The Kier molecular flexibility index (Phi) is 4.10. The molecule has 0 aliphatic carbocycles. The quantitative estimate of drug-likeness (QED) is 0.654. The number of aromatic nitrogens is 4. The highest BCUT2D eigenvalue weighted by molar-refractivity contribution is 9.10. The molecular formula is C12H11BrClN5O. The Morgan fingerprint density at radius 2 is 1.95 bits per heavy atom. The van der Waals surface area contributed by atoms with Crippen molar-refractivity contribution in [1.29, 1.82) is 0 Å². The minimum absolute atomic E-state index is 0. The highest BCUT2D eigenvalue weighted by Crippen LogP contribution is 2.19. The third kappa shape index (κ3) is 2.68. The van der Waals surface area contributed by atoms with Crippen molar-refractivity contribution in [2.75, 3.05) is 5.73 Å². The van der Waals surface area contributed by atoms with Crippen molar-refractivity contribution >= 4 is 45.4 Å². The zero-order valence-electron chi connectivity index (χ0n) is 10.2. The van der Waals surface area contributed by atoms with Gasteiger partial charge in [-0.05, 0) is 11.6 Å². The van der Waals surface area contributed by atoms with Crippen LogP contribution >= 0.6 is 28.3 Å². The van der Waals surface area contributed by atoms with Crippen molar-refractivity contribution in [3.8, 4) is 0 Å². The predicted molar refractivity (Wildman–Crippen MR) is 83.1 cm³/mol. The number of benzene rings is 1. The predicted octanol–water partition coefficient (Wildman–Crippen LogP) is 2.00. The van der Waals surface area contributed by atoms with Crippen LogP contribution in [-0.4, -0.2) is 19.9 Å². The van der Waals surface area contributed by atoms with Crippen molar-refractivity contribution < 1.29 is 0 Å². The molecule has 6 nitrogen and oxygen atoms in total. The molecular weight excluding hydrogens is 346 g/mol. The number of aromatic amines is 2. The second-order valence-electron chi connectivity index (χ2n) is 4.10.